The molecule has 2 rings (SSSR count). The third-order valence-corrected chi connectivity index (χ3v) is 3.94. The van der Waals surface area contributed by atoms with E-state index in [0.717, 1.165) is 0 Å². The van der Waals surface area contributed by atoms with Gasteiger partial charge in [0.15, 0.2) is 0 Å². The summed E-state index contributed by atoms with van der Waals surface area (Å²) in [5, 5.41) is 13.1. The third-order valence-electron chi connectivity index (χ3n) is 3.41. The first-order valence-corrected chi connectivity index (χ1v) is 7.96. The zero-order chi connectivity index (χ0) is 15.9. The maximum Gasteiger partial charge on any atom is 0.138 e. The number of rotatable bonds is 7. The van der Waals surface area contributed by atoms with Crippen LogP contribution >= 0.6 is 23.2 Å². The van der Waals surface area contributed by atoms with Crippen molar-refractivity contribution < 1.29 is 15.2 Å². The van der Waals surface area contributed by atoms with Gasteiger partial charge in [-0.3, -0.25) is 0 Å². The lowest BCUT2D eigenvalue weighted by Gasteiger charge is -2.15. The maximum absolute atomic E-state index is 10.0. The number of ether oxygens (including phenoxy) is 1. The number of aliphatic hydroxyl groups excluding tert-OH is 1. The largest absolute Gasteiger partial charge is 0.489 e. The first-order valence-electron chi connectivity index (χ1n) is 7.20. The summed E-state index contributed by atoms with van der Waals surface area (Å²) < 4.78 is 5.53. The molecule has 2 aromatic carbocycles. The molecular formula is C17H20Cl2NO2+. The van der Waals surface area contributed by atoms with Crippen LogP contribution in [0.4, 0.5) is 0 Å². The van der Waals surface area contributed by atoms with Gasteiger partial charge >= 0.3 is 0 Å². The molecule has 0 saturated carbocycles. The molecule has 0 saturated heterocycles. The van der Waals surface area contributed by atoms with Gasteiger partial charge in [-0.05, 0) is 25.1 Å². The van der Waals surface area contributed by atoms with E-state index >= 15 is 0 Å². The molecule has 2 atom stereocenters. The Bertz CT molecular complexity index is 592. The van der Waals surface area contributed by atoms with Gasteiger partial charge in [0.25, 0.3) is 0 Å². The molecule has 3 nitrogen and oxygen atoms in total. The Balaban J connectivity index is 1.77. The van der Waals surface area contributed by atoms with E-state index < -0.39 is 6.10 Å². The highest BCUT2D eigenvalue weighted by molar-refractivity contribution is 6.35. The lowest BCUT2D eigenvalue weighted by atomic mass is 10.1. The Morgan fingerprint density at radius 2 is 1.86 bits per heavy atom. The van der Waals surface area contributed by atoms with E-state index in [1.165, 1.54) is 5.56 Å². The standard InChI is InChI=1S/C17H19Cl2NO2/c1-12(13-5-3-2-4-6-13)20-10-15(21)11-22-17-8-7-14(18)9-16(17)19/h2-9,12,15,20-21H,10-11H2,1H3/p+1/t12-,15+/m0/s1. The molecule has 0 radical (unpaired) electrons. The number of halogens is 2. The van der Waals surface area contributed by atoms with Crippen molar-refractivity contribution in [3.8, 4) is 5.75 Å². The fraction of sp³-hybridized carbons (Fsp3) is 0.294. The second-order valence-corrected chi connectivity index (χ2v) is 6.05. The van der Waals surface area contributed by atoms with Crippen LogP contribution in [0.2, 0.25) is 10.0 Å². The lowest BCUT2D eigenvalue weighted by molar-refractivity contribution is -0.698. The molecule has 0 fully saturated rings. The van der Waals surface area contributed by atoms with Crippen molar-refractivity contribution in [3.63, 3.8) is 0 Å². The predicted octanol–water partition coefficient (Wildman–Crippen LogP) is 3.06. The Kier molecular flexibility index (Phi) is 6.52. The molecule has 0 aromatic heterocycles. The SMILES string of the molecule is C[C@H]([NH2+]C[C@@H](O)COc1ccc(Cl)cc1Cl)c1ccccc1. The number of hydrogen-bond acceptors (Lipinski definition) is 2. The zero-order valence-electron chi connectivity index (χ0n) is 12.4. The summed E-state index contributed by atoms with van der Waals surface area (Å²) in [6.45, 7) is 2.86. The Morgan fingerprint density at radius 1 is 1.14 bits per heavy atom. The fourth-order valence-corrected chi connectivity index (χ4v) is 2.56. The summed E-state index contributed by atoms with van der Waals surface area (Å²) in [7, 11) is 0. The molecular weight excluding hydrogens is 321 g/mol. The Morgan fingerprint density at radius 3 is 2.55 bits per heavy atom. The van der Waals surface area contributed by atoms with Crippen molar-refractivity contribution in [2.75, 3.05) is 13.2 Å². The first-order chi connectivity index (χ1) is 10.6. The average molecular weight is 341 g/mol. The van der Waals surface area contributed by atoms with Crippen LogP contribution in [-0.4, -0.2) is 24.4 Å². The zero-order valence-corrected chi connectivity index (χ0v) is 13.9. The van der Waals surface area contributed by atoms with E-state index in [-0.39, 0.29) is 12.6 Å². The van der Waals surface area contributed by atoms with Gasteiger partial charge in [-0.15, -0.1) is 0 Å². The van der Waals surface area contributed by atoms with E-state index in [4.69, 9.17) is 27.9 Å². The van der Waals surface area contributed by atoms with Crippen LogP contribution < -0.4 is 10.1 Å². The first kappa shape index (κ1) is 17.1. The average Bonchev–Trinajstić information content (AvgIpc) is 2.52. The van der Waals surface area contributed by atoms with E-state index in [0.29, 0.717) is 22.3 Å². The predicted molar refractivity (Wildman–Crippen MR) is 89.6 cm³/mol. The summed E-state index contributed by atoms with van der Waals surface area (Å²) in [6, 6.07) is 15.5. The molecule has 2 aromatic rings. The van der Waals surface area contributed by atoms with E-state index in [9.17, 15) is 5.11 Å². The third kappa shape index (κ3) is 5.18. The number of quaternary nitrogens is 1. The molecule has 0 amide bonds. The topological polar surface area (TPSA) is 46.1 Å². The summed E-state index contributed by atoms with van der Waals surface area (Å²) in [6.07, 6.45) is -0.571. The highest BCUT2D eigenvalue weighted by atomic mass is 35.5. The minimum Gasteiger partial charge on any atom is -0.489 e. The molecule has 0 aliphatic heterocycles. The minimum absolute atomic E-state index is 0.194. The molecule has 118 valence electrons. The monoisotopic (exact) mass is 340 g/mol. The highest BCUT2D eigenvalue weighted by Gasteiger charge is 2.13. The number of hydrogen-bond donors (Lipinski definition) is 2. The van der Waals surface area contributed by atoms with Crippen molar-refractivity contribution in [1.82, 2.24) is 0 Å². The van der Waals surface area contributed by atoms with Crippen LogP contribution in [-0.2, 0) is 0 Å². The smallest absolute Gasteiger partial charge is 0.138 e. The van der Waals surface area contributed by atoms with E-state index in [1.807, 2.05) is 18.2 Å². The van der Waals surface area contributed by atoms with Gasteiger partial charge < -0.3 is 15.2 Å². The van der Waals surface area contributed by atoms with Crippen LogP contribution in [0.15, 0.2) is 48.5 Å². The van der Waals surface area contributed by atoms with Crippen molar-refractivity contribution in [2.45, 2.75) is 19.1 Å². The molecule has 5 heteroatoms. The Hall–Kier alpha value is -1.26. The van der Waals surface area contributed by atoms with E-state index in [2.05, 4.69) is 24.4 Å². The number of aliphatic hydroxyl groups is 1. The highest BCUT2D eigenvalue weighted by Crippen LogP contribution is 2.27. The number of benzene rings is 2. The molecule has 3 N–H and O–H groups in total. The minimum atomic E-state index is -0.571. The van der Waals surface area contributed by atoms with Crippen LogP contribution in [0.5, 0.6) is 5.75 Å². The van der Waals surface area contributed by atoms with Gasteiger partial charge in [-0.1, -0.05) is 53.5 Å². The van der Waals surface area contributed by atoms with Crippen molar-refractivity contribution in [3.05, 3.63) is 64.1 Å². The fourth-order valence-electron chi connectivity index (χ4n) is 2.10. The lowest BCUT2D eigenvalue weighted by Crippen LogP contribution is -2.87. The summed E-state index contributed by atoms with van der Waals surface area (Å²) in [4.78, 5) is 0. The molecule has 0 heterocycles. The van der Waals surface area contributed by atoms with Gasteiger partial charge in [0.1, 0.15) is 31.0 Å². The van der Waals surface area contributed by atoms with Crippen molar-refractivity contribution in [1.29, 1.82) is 0 Å². The molecule has 0 aliphatic rings. The van der Waals surface area contributed by atoms with E-state index in [1.54, 1.807) is 18.2 Å². The van der Waals surface area contributed by atoms with Crippen LogP contribution in [0.25, 0.3) is 0 Å². The normalized spacial score (nSPS) is 13.6. The van der Waals surface area contributed by atoms with Gasteiger partial charge in [0.05, 0.1) is 5.02 Å². The molecule has 22 heavy (non-hydrogen) atoms. The van der Waals surface area contributed by atoms with Gasteiger partial charge in [-0.25, -0.2) is 0 Å². The van der Waals surface area contributed by atoms with Crippen LogP contribution in [0.1, 0.15) is 18.5 Å². The molecule has 0 spiro atoms. The van der Waals surface area contributed by atoms with Gasteiger partial charge in [0.2, 0.25) is 0 Å². The van der Waals surface area contributed by atoms with Crippen LogP contribution in [0.3, 0.4) is 0 Å². The van der Waals surface area contributed by atoms with Crippen molar-refractivity contribution in [2.24, 2.45) is 0 Å². The van der Waals surface area contributed by atoms with Gasteiger partial charge in [0, 0.05) is 10.6 Å². The van der Waals surface area contributed by atoms with Crippen molar-refractivity contribution >= 4 is 23.2 Å². The second kappa shape index (κ2) is 8.39. The maximum atomic E-state index is 10.0. The number of nitrogens with two attached hydrogens (primary N) is 1. The molecule has 0 aliphatic carbocycles. The molecule has 0 bridgehead atoms. The summed E-state index contributed by atoms with van der Waals surface area (Å²) in [5.74, 6) is 0.529. The molecule has 0 unspecified atom stereocenters. The summed E-state index contributed by atoms with van der Waals surface area (Å²) >= 11 is 11.8. The summed E-state index contributed by atoms with van der Waals surface area (Å²) in [5.41, 5.74) is 1.23. The van der Waals surface area contributed by atoms with Gasteiger partial charge in [-0.2, -0.15) is 0 Å². The second-order valence-electron chi connectivity index (χ2n) is 5.21. The van der Waals surface area contributed by atoms with Crippen LogP contribution in [0, 0.1) is 0 Å². The quantitative estimate of drug-likeness (QED) is 0.813. The Labute approximate surface area is 140 Å².